The number of benzene rings is 2. The molecule has 0 fully saturated rings. The third-order valence-corrected chi connectivity index (χ3v) is 3.42. The lowest BCUT2D eigenvalue weighted by Crippen LogP contribution is -2.17. The molecule has 5 nitrogen and oxygen atoms in total. The van der Waals surface area contributed by atoms with Crippen LogP contribution in [0, 0.1) is 17.0 Å². The van der Waals surface area contributed by atoms with E-state index in [1.165, 1.54) is 0 Å². The van der Waals surface area contributed by atoms with Crippen LogP contribution in [0.4, 0.5) is 22.7 Å². The van der Waals surface area contributed by atoms with Crippen LogP contribution in [0.1, 0.15) is 12.5 Å². The van der Waals surface area contributed by atoms with E-state index >= 15 is 0 Å². The van der Waals surface area contributed by atoms with E-state index in [4.69, 9.17) is 0 Å². The summed E-state index contributed by atoms with van der Waals surface area (Å²) >= 11 is 0. The van der Waals surface area contributed by atoms with Gasteiger partial charge in [-0.2, -0.15) is 0 Å². The second-order valence-electron chi connectivity index (χ2n) is 4.76. The minimum Gasteiger partial charge on any atom is -0.382 e. The highest BCUT2D eigenvalue weighted by molar-refractivity contribution is 5.81. The lowest BCUT2D eigenvalue weighted by Gasteiger charge is -2.24. The minimum atomic E-state index is -0.335. The molecule has 0 atom stereocenters. The molecule has 0 saturated carbocycles. The van der Waals surface area contributed by atoms with Crippen LogP contribution in [0.15, 0.2) is 42.5 Å². The van der Waals surface area contributed by atoms with Crippen molar-refractivity contribution < 1.29 is 4.92 Å². The normalized spacial score (nSPS) is 10.2. The number of nitro groups is 1. The summed E-state index contributed by atoms with van der Waals surface area (Å²) in [6.45, 7) is 4.65. The Hall–Kier alpha value is -2.56. The number of nitrogens with zero attached hydrogens (tertiary/aromatic N) is 2. The fourth-order valence-electron chi connectivity index (χ4n) is 2.36. The molecule has 0 saturated heterocycles. The number of anilines is 3. The van der Waals surface area contributed by atoms with Crippen molar-refractivity contribution in [1.82, 2.24) is 0 Å². The van der Waals surface area contributed by atoms with Gasteiger partial charge in [0.05, 0.1) is 4.92 Å². The van der Waals surface area contributed by atoms with E-state index in [0.29, 0.717) is 17.9 Å². The molecule has 0 aliphatic rings. The average molecular weight is 285 g/mol. The highest BCUT2D eigenvalue weighted by Crippen LogP contribution is 2.38. The van der Waals surface area contributed by atoms with Crippen LogP contribution < -0.4 is 10.2 Å². The zero-order valence-electron chi connectivity index (χ0n) is 12.5. The highest BCUT2D eigenvalue weighted by atomic mass is 16.6. The summed E-state index contributed by atoms with van der Waals surface area (Å²) in [5, 5.41) is 14.3. The first-order valence-electron chi connectivity index (χ1n) is 6.87. The largest absolute Gasteiger partial charge is 0.382 e. The van der Waals surface area contributed by atoms with E-state index in [-0.39, 0.29) is 10.6 Å². The standard InChI is InChI=1S/C16H19N3O2/c1-4-18(13-10-8-12(2)9-11-13)15-7-5-6-14(17-3)16(15)19(20)21/h5-11,17H,4H2,1-3H3. The number of rotatable bonds is 5. The number of nitrogens with one attached hydrogen (secondary N) is 1. The van der Waals surface area contributed by atoms with E-state index in [0.717, 1.165) is 11.3 Å². The summed E-state index contributed by atoms with van der Waals surface area (Å²) in [7, 11) is 1.69. The molecule has 0 aliphatic carbocycles. The van der Waals surface area contributed by atoms with E-state index in [2.05, 4.69) is 5.32 Å². The monoisotopic (exact) mass is 285 g/mol. The average Bonchev–Trinajstić information content (AvgIpc) is 2.49. The number of hydrogen-bond donors (Lipinski definition) is 1. The molecule has 21 heavy (non-hydrogen) atoms. The van der Waals surface area contributed by atoms with Crippen molar-refractivity contribution >= 4 is 22.7 Å². The molecule has 2 aromatic rings. The molecule has 0 heterocycles. The van der Waals surface area contributed by atoms with Crippen LogP contribution in [0.25, 0.3) is 0 Å². The quantitative estimate of drug-likeness (QED) is 0.663. The van der Waals surface area contributed by atoms with Gasteiger partial charge in [0, 0.05) is 19.3 Å². The minimum absolute atomic E-state index is 0.0995. The molecule has 0 bridgehead atoms. The fourth-order valence-corrected chi connectivity index (χ4v) is 2.36. The van der Waals surface area contributed by atoms with Crippen molar-refractivity contribution in [2.75, 3.05) is 23.8 Å². The molecular weight excluding hydrogens is 266 g/mol. The van der Waals surface area contributed by atoms with Crippen molar-refractivity contribution in [2.45, 2.75) is 13.8 Å². The zero-order valence-corrected chi connectivity index (χ0v) is 12.5. The van der Waals surface area contributed by atoms with Gasteiger partial charge in [0.15, 0.2) is 0 Å². The molecular formula is C16H19N3O2. The SMILES string of the molecule is CCN(c1ccc(C)cc1)c1cccc(NC)c1[N+](=O)[O-]. The Bertz CT molecular complexity index is 638. The van der Waals surface area contributed by atoms with Crippen molar-refractivity contribution in [3.8, 4) is 0 Å². The van der Waals surface area contributed by atoms with Gasteiger partial charge in [-0.05, 0) is 38.1 Å². The van der Waals surface area contributed by atoms with Crippen LogP contribution in [0.2, 0.25) is 0 Å². The Morgan fingerprint density at radius 2 is 1.86 bits per heavy atom. The van der Waals surface area contributed by atoms with Crippen LogP contribution >= 0.6 is 0 Å². The number of hydrogen-bond acceptors (Lipinski definition) is 4. The predicted octanol–water partition coefficient (Wildman–Crippen LogP) is 4.10. The fraction of sp³-hybridized carbons (Fsp3) is 0.250. The van der Waals surface area contributed by atoms with Gasteiger partial charge in [-0.3, -0.25) is 10.1 Å². The van der Waals surface area contributed by atoms with Gasteiger partial charge in [-0.15, -0.1) is 0 Å². The summed E-state index contributed by atoms with van der Waals surface area (Å²) < 4.78 is 0. The Balaban J connectivity index is 2.57. The first kappa shape index (κ1) is 14.8. The van der Waals surface area contributed by atoms with Crippen molar-refractivity contribution in [3.05, 3.63) is 58.1 Å². The lowest BCUT2D eigenvalue weighted by atomic mass is 10.1. The van der Waals surface area contributed by atoms with Gasteiger partial charge in [0.25, 0.3) is 0 Å². The van der Waals surface area contributed by atoms with Crippen molar-refractivity contribution in [2.24, 2.45) is 0 Å². The third-order valence-electron chi connectivity index (χ3n) is 3.42. The van der Waals surface area contributed by atoms with E-state index in [1.54, 1.807) is 19.2 Å². The molecule has 0 radical (unpaired) electrons. The third kappa shape index (κ3) is 2.97. The van der Waals surface area contributed by atoms with Gasteiger partial charge in [-0.1, -0.05) is 23.8 Å². The Morgan fingerprint density at radius 1 is 1.19 bits per heavy atom. The highest BCUT2D eigenvalue weighted by Gasteiger charge is 2.23. The number of aryl methyl sites for hydroxylation is 1. The maximum atomic E-state index is 11.4. The maximum absolute atomic E-state index is 11.4. The number of para-hydroxylation sites is 1. The molecule has 0 amide bonds. The summed E-state index contributed by atoms with van der Waals surface area (Å²) in [4.78, 5) is 13.1. The number of nitro benzene ring substituents is 1. The van der Waals surface area contributed by atoms with Gasteiger partial charge in [-0.25, -0.2) is 0 Å². The molecule has 0 aliphatic heterocycles. The van der Waals surface area contributed by atoms with Crippen LogP contribution in [0.5, 0.6) is 0 Å². The summed E-state index contributed by atoms with van der Waals surface area (Å²) in [5.74, 6) is 0. The van der Waals surface area contributed by atoms with E-state index < -0.39 is 0 Å². The second kappa shape index (κ2) is 6.26. The Morgan fingerprint density at radius 3 is 2.38 bits per heavy atom. The molecule has 0 spiro atoms. The summed E-state index contributed by atoms with van der Waals surface area (Å²) in [6, 6.07) is 13.3. The first-order valence-corrected chi connectivity index (χ1v) is 6.87. The Kier molecular flexibility index (Phi) is 4.42. The van der Waals surface area contributed by atoms with E-state index in [1.807, 2.05) is 49.1 Å². The maximum Gasteiger partial charge on any atom is 0.315 e. The Labute approximate surface area is 124 Å². The van der Waals surface area contributed by atoms with Crippen molar-refractivity contribution in [1.29, 1.82) is 0 Å². The molecule has 2 rings (SSSR count). The molecule has 1 N–H and O–H groups in total. The zero-order chi connectivity index (χ0) is 15.4. The topological polar surface area (TPSA) is 58.4 Å². The summed E-state index contributed by atoms with van der Waals surface area (Å²) in [5.41, 5.74) is 3.32. The van der Waals surface area contributed by atoms with Gasteiger partial charge in [0.2, 0.25) is 0 Å². The summed E-state index contributed by atoms with van der Waals surface area (Å²) in [6.07, 6.45) is 0. The lowest BCUT2D eigenvalue weighted by molar-refractivity contribution is -0.383. The molecule has 2 aromatic carbocycles. The molecule has 0 aromatic heterocycles. The smallest absolute Gasteiger partial charge is 0.315 e. The molecule has 110 valence electrons. The molecule has 5 heteroatoms. The first-order chi connectivity index (χ1) is 10.1. The molecule has 0 unspecified atom stereocenters. The van der Waals surface area contributed by atoms with E-state index in [9.17, 15) is 10.1 Å². The van der Waals surface area contributed by atoms with Crippen LogP contribution in [0.3, 0.4) is 0 Å². The van der Waals surface area contributed by atoms with Gasteiger partial charge in [0.1, 0.15) is 11.4 Å². The second-order valence-corrected chi connectivity index (χ2v) is 4.76. The van der Waals surface area contributed by atoms with Crippen molar-refractivity contribution in [3.63, 3.8) is 0 Å². The van der Waals surface area contributed by atoms with Crippen LogP contribution in [-0.4, -0.2) is 18.5 Å². The van der Waals surface area contributed by atoms with Gasteiger partial charge < -0.3 is 10.2 Å². The van der Waals surface area contributed by atoms with Crippen LogP contribution in [-0.2, 0) is 0 Å². The predicted molar refractivity (Wildman–Crippen MR) is 86.5 cm³/mol. The van der Waals surface area contributed by atoms with Gasteiger partial charge >= 0.3 is 5.69 Å².